The predicted octanol–water partition coefficient (Wildman–Crippen LogP) is 2.06. The number of aromatic nitrogens is 2. The Morgan fingerprint density at radius 3 is 2.60 bits per heavy atom. The van der Waals surface area contributed by atoms with E-state index in [0.29, 0.717) is 11.5 Å². The molecule has 0 amide bonds. The number of benzene rings is 1. The average Bonchev–Trinajstić information content (AvgIpc) is 2.95. The molecule has 1 atom stereocenters. The maximum atomic E-state index is 12.7. The van der Waals surface area contributed by atoms with Crippen LogP contribution in [0.1, 0.15) is 29.8 Å². The van der Waals surface area contributed by atoms with E-state index in [-0.39, 0.29) is 21.8 Å². The number of rotatable bonds is 6. The number of aryl methyl sites for hydroxylation is 1. The Labute approximate surface area is 151 Å². The molecular formula is C16H20ClN3O4S. The van der Waals surface area contributed by atoms with Crippen molar-refractivity contribution in [3.05, 3.63) is 44.8 Å². The highest BCUT2D eigenvalue weighted by molar-refractivity contribution is 8.02. The number of methoxy groups -OCH3 is 1. The quantitative estimate of drug-likeness (QED) is 0.588. The van der Waals surface area contributed by atoms with Crippen LogP contribution in [0.15, 0.2) is 23.1 Å². The molecule has 2 N–H and O–H groups in total. The first-order chi connectivity index (χ1) is 11.8. The van der Waals surface area contributed by atoms with Crippen LogP contribution in [0.25, 0.3) is 0 Å². The van der Waals surface area contributed by atoms with Crippen molar-refractivity contribution in [2.24, 2.45) is 7.05 Å². The smallest absolute Gasteiger partial charge is 0.277 e. The highest BCUT2D eigenvalue weighted by atomic mass is 35.5. The Hall–Kier alpha value is -2.19. The topological polar surface area (TPSA) is 93.2 Å². The van der Waals surface area contributed by atoms with E-state index in [9.17, 15) is 13.8 Å². The van der Waals surface area contributed by atoms with E-state index in [1.165, 1.54) is 31.1 Å². The molecule has 0 spiro atoms. The zero-order valence-electron chi connectivity index (χ0n) is 14.4. The van der Waals surface area contributed by atoms with Crippen LogP contribution in [0.3, 0.4) is 0 Å². The summed E-state index contributed by atoms with van der Waals surface area (Å²) in [6, 6.07) is 3.02. The maximum Gasteiger partial charge on any atom is 0.277 e. The largest absolute Gasteiger partial charge is 0.495 e. The van der Waals surface area contributed by atoms with E-state index in [2.05, 4.69) is 9.82 Å². The fourth-order valence-corrected chi connectivity index (χ4v) is 3.73. The number of ether oxygens (including phenoxy) is 1. The summed E-state index contributed by atoms with van der Waals surface area (Å²) in [4.78, 5) is 24.7. The first-order valence-corrected chi connectivity index (χ1v) is 9.69. The average molecular weight is 386 g/mol. The molecule has 136 valence electrons. The number of H-pyrrole nitrogens is 1. The summed E-state index contributed by atoms with van der Waals surface area (Å²) in [5.74, 6) is 0.173. The van der Waals surface area contributed by atoms with Crippen LogP contribution < -0.4 is 15.0 Å². The molecule has 0 bridgehead atoms. The third kappa shape index (κ3) is 3.59. The van der Waals surface area contributed by atoms with Gasteiger partial charge in [-0.3, -0.25) is 14.3 Å². The third-order valence-electron chi connectivity index (χ3n) is 3.83. The second kappa shape index (κ2) is 7.37. The molecule has 2 rings (SSSR count). The zero-order chi connectivity index (χ0) is 18.8. The van der Waals surface area contributed by atoms with Gasteiger partial charge in [0.25, 0.3) is 5.56 Å². The molecular weight excluding hydrogens is 366 g/mol. The molecule has 25 heavy (non-hydrogen) atoms. The minimum Gasteiger partial charge on any atom is -0.495 e. The zero-order valence-corrected chi connectivity index (χ0v) is 16.0. The van der Waals surface area contributed by atoms with Crippen LogP contribution in [-0.2, 0) is 16.8 Å². The summed E-state index contributed by atoms with van der Waals surface area (Å²) in [5.41, 5.74) is -0.104. The highest BCUT2D eigenvalue weighted by Crippen LogP contribution is 2.36. The first-order valence-electron chi connectivity index (χ1n) is 7.52. The molecule has 9 heteroatoms. The minimum atomic E-state index is -2.51. The predicted molar refractivity (Wildman–Crippen MR) is 102 cm³/mol. The Kier molecular flexibility index (Phi) is 5.64. The maximum absolute atomic E-state index is 12.7. The number of ketones is 1. The molecule has 2 aromatic rings. The lowest BCUT2D eigenvalue weighted by atomic mass is 10.1. The molecule has 0 aliphatic heterocycles. The van der Waals surface area contributed by atoms with Gasteiger partial charge >= 0.3 is 0 Å². The van der Waals surface area contributed by atoms with Crippen molar-refractivity contribution in [2.45, 2.75) is 13.8 Å². The van der Waals surface area contributed by atoms with Crippen LogP contribution in [0, 0.1) is 0 Å². The van der Waals surface area contributed by atoms with Crippen molar-refractivity contribution >= 4 is 38.1 Å². The summed E-state index contributed by atoms with van der Waals surface area (Å²) in [6.07, 6.45) is 1.33. The summed E-state index contributed by atoms with van der Waals surface area (Å²) >= 11 is 6.39. The van der Waals surface area contributed by atoms with E-state index in [1.807, 2.05) is 0 Å². The monoisotopic (exact) mass is 385 g/mol. The van der Waals surface area contributed by atoms with Gasteiger partial charge in [0.1, 0.15) is 17.0 Å². The van der Waals surface area contributed by atoms with Crippen molar-refractivity contribution < 1.29 is 13.7 Å². The Morgan fingerprint density at radius 1 is 1.44 bits per heavy atom. The molecule has 0 saturated carbocycles. The number of carbonyl (C=O) groups excluding carboxylic acids is 1. The first kappa shape index (κ1) is 19.1. The normalized spacial score (nSPS) is 13.2. The molecule has 7 nitrogen and oxygen atoms in total. The summed E-state index contributed by atoms with van der Waals surface area (Å²) in [5, 5.41) is 4.26. The highest BCUT2D eigenvalue weighted by Gasteiger charge is 2.23. The lowest BCUT2D eigenvalue weighted by Crippen LogP contribution is -2.20. The van der Waals surface area contributed by atoms with Crippen LogP contribution >= 0.6 is 11.6 Å². The number of hydrogen-bond acceptors (Lipinski definition) is 4. The van der Waals surface area contributed by atoms with Gasteiger partial charge in [-0.15, -0.1) is 0 Å². The van der Waals surface area contributed by atoms with E-state index in [4.69, 9.17) is 16.3 Å². The van der Waals surface area contributed by atoms with Gasteiger partial charge in [0.15, 0.2) is 0 Å². The molecule has 0 aliphatic rings. The van der Waals surface area contributed by atoms with Gasteiger partial charge in [-0.1, -0.05) is 18.5 Å². The Balaban J connectivity index is 2.61. The van der Waals surface area contributed by atoms with Gasteiger partial charge in [0.05, 0.1) is 12.1 Å². The van der Waals surface area contributed by atoms with Crippen molar-refractivity contribution in [3.8, 4) is 5.75 Å². The molecule has 1 unspecified atom stereocenters. The number of carbonyl (C=O) groups is 1. The van der Waals surface area contributed by atoms with Gasteiger partial charge in [-0.2, -0.15) is 0 Å². The summed E-state index contributed by atoms with van der Waals surface area (Å²) in [7, 11) is 0.450. The van der Waals surface area contributed by atoms with Gasteiger partial charge < -0.3 is 14.6 Å². The van der Waals surface area contributed by atoms with E-state index in [1.54, 1.807) is 25.3 Å². The molecule has 1 aromatic carbocycles. The second-order valence-corrected chi connectivity index (χ2v) is 8.32. The van der Waals surface area contributed by atoms with E-state index in [0.717, 1.165) is 0 Å². The van der Waals surface area contributed by atoms with Crippen molar-refractivity contribution in [3.63, 3.8) is 0 Å². The minimum absolute atomic E-state index is 0.0289. The molecule has 1 heterocycles. The molecule has 1 aromatic heterocycles. The number of anilines is 1. The van der Waals surface area contributed by atoms with Crippen LogP contribution in [0.4, 0.5) is 5.69 Å². The Bertz CT molecular complexity index is 984. The van der Waals surface area contributed by atoms with Gasteiger partial charge in [-0.25, -0.2) is 4.21 Å². The summed E-state index contributed by atoms with van der Waals surface area (Å²) in [6.45, 7) is 3.45. The van der Waals surface area contributed by atoms with E-state index < -0.39 is 21.1 Å². The SMILES string of the molecule is CC=S(=O)(CC)Nc1c(OC)ccc(C(=O)c2c[nH]n(C)c2=O)c1Cl. The third-order valence-corrected chi connectivity index (χ3v) is 6.40. The van der Waals surface area contributed by atoms with Crippen molar-refractivity contribution in [2.75, 3.05) is 17.6 Å². The second-order valence-electron chi connectivity index (χ2n) is 5.24. The standard InChI is InChI=1S/C16H20ClN3O4S/c1-5-25(23,6-2)19-14-12(24-4)8-7-10(13(14)17)15(21)11-9-18-20(3)16(11)22/h5,7-9,18H,6H2,1-4H3,(H,19,23). The summed E-state index contributed by atoms with van der Waals surface area (Å²) < 4.78 is 22.0. The molecule has 0 fully saturated rings. The van der Waals surface area contributed by atoms with Crippen LogP contribution in [0.2, 0.25) is 5.02 Å². The lowest BCUT2D eigenvalue weighted by Gasteiger charge is -2.18. The van der Waals surface area contributed by atoms with Crippen molar-refractivity contribution in [1.82, 2.24) is 9.78 Å². The van der Waals surface area contributed by atoms with Crippen LogP contribution in [-0.4, -0.2) is 38.0 Å². The molecule has 0 saturated heterocycles. The van der Waals surface area contributed by atoms with E-state index >= 15 is 0 Å². The fraction of sp³-hybridized carbons (Fsp3) is 0.312. The lowest BCUT2D eigenvalue weighted by molar-refractivity contribution is 0.103. The molecule has 0 aliphatic carbocycles. The van der Waals surface area contributed by atoms with Crippen LogP contribution in [0.5, 0.6) is 5.75 Å². The van der Waals surface area contributed by atoms with Gasteiger partial charge in [0, 0.05) is 34.3 Å². The van der Waals surface area contributed by atoms with Gasteiger partial charge in [0.2, 0.25) is 5.78 Å². The molecule has 0 radical (unpaired) electrons. The number of hydrogen-bond donors (Lipinski definition) is 2. The number of halogens is 1. The number of nitrogens with one attached hydrogen (secondary N) is 2. The van der Waals surface area contributed by atoms with Crippen molar-refractivity contribution in [1.29, 1.82) is 0 Å². The van der Waals surface area contributed by atoms with Gasteiger partial charge in [-0.05, 0) is 24.4 Å². The number of nitrogens with zero attached hydrogens (tertiary/aromatic N) is 1. The fourth-order valence-electron chi connectivity index (χ4n) is 2.24. The Morgan fingerprint density at radius 2 is 2.12 bits per heavy atom. The number of aromatic amines is 1.